The molecule has 21 heavy (non-hydrogen) atoms. The Kier molecular flexibility index (Phi) is 5.31. The van der Waals surface area contributed by atoms with Crippen molar-refractivity contribution in [2.45, 2.75) is 73.5 Å². The second-order valence-electron chi connectivity index (χ2n) is 7.39. The minimum Gasteiger partial charge on any atom is -0.309 e. The molecule has 0 unspecified atom stereocenters. The second-order valence-corrected chi connectivity index (χ2v) is 7.39. The van der Waals surface area contributed by atoms with Gasteiger partial charge in [0.15, 0.2) is 0 Å². The van der Waals surface area contributed by atoms with Gasteiger partial charge in [0, 0.05) is 23.9 Å². The molecule has 1 aromatic rings. The molecule has 0 saturated heterocycles. The molecule has 1 N–H and O–H groups in total. The first-order valence-electron chi connectivity index (χ1n) is 7.69. The molecule has 1 heterocycles. The van der Waals surface area contributed by atoms with Gasteiger partial charge in [-0.2, -0.15) is 0 Å². The Bertz CT molecular complexity index is 486. The van der Waals surface area contributed by atoms with E-state index in [0.29, 0.717) is 12.6 Å². The lowest BCUT2D eigenvalue weighted by atomic mass is 9.69. The van der Waals surface area contributed by atoms with E-state index < -0.39 is 11.0 Å². The number of rotatable bonds is 7. The van der Waals surface area contributed by atoms with E-state index in [1.807, 2.05) is 52.4 Å². The molecular weight excluding hydrogens is 264 g/mol. The summed E-state index contributed by atoms with van der Waals surface area (Å²) in [6, 6.07) is 0.405. The van der Waals surface area contributed by atoms with Gasteiger partial charge in [-0.25, -0.2) is 4.68 Å². The maximum Gasteiger partial charge on any atom is 0.143 e. The summed E-state index contributed by atoms with van der Waals surface area (Å²) in [5.74, 6) is 0.245. The zero-order valence-electron chi connectivity index (χ0n) is 14.7. The molecule has 0 spiro atoms. The predicted molar refractivity (Wildman–Crippen MR) is 84.9 cm³/mol. The number of hydrogen-bond donors (Lipinski definition) is 1. The first-order valence-corrected chi connectivity index (χ1v) is 7.69. The molecule has 0 aliphatic rings. The fourth-order valence-corrected chi connectivity index (χ4v) is 2.27. The molecular formula is C16H30N4O. The summed E-state index contributed by atoms with van der Waals surface area (Å²) >= 11 is 0. The number of carbonyl (C=O) groups is 1. The number of Topliss-reactive ketones (excluding diaryl/α,β-unsaturated/α-hetero) is 1. The van der Waals surface area contributed by atoms with Crippen molar-refractivity contribution in [3.05, 3.63) is 11.9 Å². The lowest BCUT2D eigenvalue weighted by Crippen LogP contribution is -2.49. The molecule has 120 valence electrons. The Balaban J connectivity index is 2.99. The maximum absolute atomic E-state index is 12.5. The molecule has 0 aromatic carbocycles. The van der Waals surface area contributed by atoms with Gasteiger partial charge >= 0.3 is 0 Å². The van der Waals surface area contributed by atoms with Gasteiger partial charge in [0.2, 0.25) is 0 Å². The summed E-state index contributed by atoms with van der Waals surface area (Å²) in [6.45, 7) is 16.8. The highest BCUT2D eigenvalue weighted by Gasteiger charge is 2.45. The molecule has 0 amide bonds. The highest BCUT2D eigenvalue weighted by Crippen LogP contribution is 2.39. The Hall–Kier alpha value is -1.23. The minimum atomic E-state index is -0.516. The van der Waals surface area contributed by atoms with Crippen molar-refractivity contribution in [2.24, 2.45) is 11.3 Å². The Morgan fingerprint density at radius 2 is 1.81 bits per heavy atom. The molecule has 1 aromatic heterocycles. The van der Waals surface area contributed by atoms with E-state index in [9.17, 15) is 4.79 Å². The Labute approximate surface area is 128 Å². The van der Waals surface area contributed by atoms with Crippen LogP contribution in [-0.2, 0) is 16.9 Å². The summed E-state index contributed by atoms with van der Waals surface area (Å²) in [6.07, 6.45) is 1.94. The molecule has 0 aliphatic carbocycles. The molecule has 0 fully saturated rings. The van der Waals surface area contributed by atoms with Crippen LogP contribution < -0.4 is 5.32 Å². The van der Waals surface area contributed by atoms with Crippen molar-refractivity contribution in [1.82, 2.24) is 20.3 Å². The van der Waals surface area contributed by atoms with Crippen LogP contribution in [0.3, 0.4) is 0 Å². The van der Waals surface area contributed by atoms with Crippen LogP contribution in [0.1, 0.15) is 61.1 Å². The van der Waals surface area contributed by atoms with Gasteiger partial charge < -0.3 is 5.32 Å². The highest BCUT2D eigenvalue weighted by molar-refractivity contribution is 5.86. The third kappa shape index (κ3) is 3.70. The van der Waals surface area contributed by atoms with Gasteiger partial charge in [0.25, 0.3) is 0 Å². The largest absolute Gasteiger partial charge is 0.309 e. The zero-order chi connectivity index (χ0) is 16.4. The second kappa shape index (κ2) is 6.26. The molecule has 0 aliphatic heterocycles. The average Bonchev–Trinajstić information content (AvgIpc) is 2.84. The summed E-state index contributed by atoms with van der Waals surface area (Å²) < 4.78 is 1.82. The molecule has 5 heteroatoms. The molecule has 5 nitrogen and oxygen atoms in total. The van der Waals surface area contributed by atoms with Crippen molar-refractivity contribution in [3.8, 4) is 0 Å². The first kappa shape index (κ1) is 17.8. The number of nitrogens with one attached hydrogen (secondary N) is 1. The van der Waals surface area contributed by atoms with Crippen LogP contribution in [0.2, 0.25) is 0 Å². The third-order valence-electron chi connectivity index (χ3n) is 4.47. The van der Waals surface area contributed by atoms with Crippen LogP contribution in [-0.4, -0.2) is 26.8 Å². The van der Waals surface area contributed by atoms with Gasteiger partial charge in [-0.1, -0.05) is 46.8 Å². The topological polar surface area (TPSA) is 59.8 Å². The van der Waals surface area contributed by atoms with Crippen LogP contribution in [0.4, 0.5) is 0 Å². The maximum atomic E-state index is 12.5. The van der Waals surface area contributed by atoms with Crippen LogP contribution >= 0.6 is 0 Å². The standard InChI is InChI=1S/C16H30N4O/c1-11(2)14(21)15(5,6)16(7,8)20-10-13(18-19-20)9-17-12(3)4/h10-12,17H,9H2,1-8H3. The summed E-state index contributed by atoms with van der Waals surface area (Å²) in [4.78, 5) is 12.5. The van der Waals surface area contributed by atoms with Crippen molar-refractivity contribution in [3.63, 3.8) is 0 Å². The fourth-order valence-electron chi connectivity index (χ4n) is 2.27. The van der Waals surface area contributed by atoms with E-state index in [4.69, 9.17) is 0 Å². The SMILES string of the molecule is CC(C)NCc1cn(C(C)(C)C(C)(C)C(=O)C(C)C)nn1. The van der Waals surface area contributed by atoms with Crippen LogP contribution in [0, 0.1) is 11.3 Å². The van der Waals surface area contributed by atoms with Crippen molar-refractivity contribution in [2.75, 3.05) is 0 Å². The third-order valence-corrected chi connectivity index (χ3v) is 4.47. The quantitative estimate of drug-likeness (QED) is 0.840. The lowest BCUT2D eigenvalue weighted by Gasteiger charge is -2.41. The molecule has 0 saturated carbocycles. The Morgan fingerprint density at radius 3 is 2.29 bits per heavy atom. The van der Waals surface area contributed by atoms with Crippen molar-refractivity contribution < 1.29 is 4.79 Å². The van der Waals surface area contributed by atoms with E-state index in [-0.39, 0.29) is 11.7 Å². The van der Waals surface area contributed by atoms with Crippen molar-refractivity contribution in [1.29, 1.82) is 0 Å². The summed E-state index contributed by atoms with van der Waals surface area (Å²) in [5, 5.41) is 11.8. The molecule has 1 rings (SSSR count). The van der Waals surface area contributed by atoms with Gasteiger partial charge in [0.05, 0.1) is 17.4 Å². The molecule has 0 atom stereocenters. The van der Waals surface area contributed by atoms with Gasteiger partial charge in [-0.05, 0) is 13.8 Å². The number of nitrogens with zero attached hydrogens (tertiary/aromatic N) is 3. The minimum absolute atomic E-state index is 0.00451. The number of carbonyl (C=O) groups excluding carboxylic acids is 1. The van der Waals surface area contributed by atoms with E-state index in [2.05, 4.69) is 29.5 Å². The number of ketones is 1. The predicted octanol–water partition coefficient (Wildman–Crippen LogP) is 2.76. The smallest absolute Gasteiger partial charge is 0.143 e. The van der Waals surface area contributed by atoms with E-state index in [0.717, 1.165) is 5.69 Å². The number of aromatic nitrogens is 3. The monoisotopic (exact) mass is 294 g/mol. The number of hydrogen-bond acceptors (Lipinski definition) is 4. The van der Waals surface area contributed by atoms with Gasteiger partial charge in [-0.15, -0.1) is 5.10 Å². The summed E-state index contributed by atoms with van der Waals surface area (Å²) in [5.41, 5.74) is -0.0562. The van der Waals surface area contributed by atoms with Gasteiger partial charge in [-0.3, -0.25) is 4.79 Å². The van der Waals surface area contributed by atoms with Crippen LogP contribution in [0.15, 0.2) is 6.20 Å². The normalized spacial score (nSPS) is 13.2. The average molecular weight is 294 g/mol. The zero-order valence-corrected chi connectivity index (χ0v) is 14.7. The highest BCUT2D eigenvalue weighted by atomic mass is 16.1. The lowest BCUT2D eigenvalue weighted by molar-refractivity contribution is -0.136. The van der Waals surface area contributed by atoms with Gasteiger partial charge in [0.1, 0.15) is 5.78 Å². The summed E-state index contributed by atoms with van der Waals surface area (Å²) in [7, 11) is 0. The van der Waals surface area contributed by atoms with E-state index in [1.165, 1.54) is 0 Å². The first-order chi connectivity index (χ1) is 9.50. The van der Waals surface area contributed by atoms with Crippen molar-refractivity contribution >= 4 is 5.78 Å². The van der Waals surface area contributed by atoms with E-state index in [1.54, 1.807) is 0 Å². The van der Waals surface area contributed by atoms with Crippen LogP contribution in [0.5, 0.6) is 0 Å². The van der Waals surface area contributed by atoms with E-state index >= 15 is 0 Å². The molecule has 0 radical (unpaired) electrons. The Morgan fingerprint density at radius 1 is 1.24 bits per heavy atom. The van der Waals surface area contributed by atoms with Crippen LogP contribution in [0.25, 0.3) is 0 Å². The molecule has 0 bridgehead atoms. The fraction of sp³-hybridized carbons (Fsp3) is 0.812.